The van der Waals surface area contributed by atoms with Crippen molar-refractivity contribution in [2.45, 2.75) is 6.92 Å². The van der Waals surface area contributed by atoms with E-state index in [9.17, 15) is 13.0 Å². The number of hydrogen-bond donors (Lipinski definition) is 1. The predicted octanol–water partition coefficient (Wildman–Crippen LogP) is -3.34. The first-order chi connectivity index (χ1) is 5.47. The van der Waals surface area contributed by atoms with Crippen molar-refractivity contribution in [1.29, 1.82) is 0 Å². The molecule has 6 nitrogen and oxygen atoms in total. The number of nitrogens with one attached hydrogen (secondary N) is 1. The number of aryl methyl sites for hydroxylation is 1. The molecule has 1 rings (SSSR count). The van der Waals surface area contributed by atoms with E-state index in [0.717, 1.165) is 0 Å². The molecule has 0 amide bonds. The molecule has 0 aromatic carbocycles. The fourth-order valence-corrected chi connectivity index (χ4v) is 0.932. The van der Waals surface area contributed by atoms with Crippen LogP contribution in [0.1, 0.15) is 5.69 Å². The topological polar surface area (TPSA) is 95.0 Å². The molecule has 0 aliphatic carbocycles. The maximum atomic E-state index is 10.2. The van der Waals surface area contributed by atoms with Gasteiger partial charge in [-0.05, 0) is 13.0 Å². The third-order valence-electron chi connectivity index (χ3n) is 1.01. The molecule has 0 unspecified atom stereocenters. The summed E-state index contributed by atoms with van der Waals surface area (Å²) in [5.74, 6) is -0.204. The molecular formula is C5H6N3NaO3S. The van der Waals surface area contributed by atoms with E-state index in [1.165, 1.54) is 6.20 Å². The average Bonchev–Trinajstić information content (AvgIpc) is 1.82. The summed E-state index contributed by atoms with van der Waals surface area (Å²) in [6, 6.07) is 1.59. The van der Waals surface area contributed by atoms with Gasteiger partial charge in [-0.25, -0.2) is 18.4 Å². The molecule has 0 bridgehead atoms. The van der Waals surface area contributed by atoms with Crippen LogP contribution in [0, 0.1) is 6.92 Å². The minimum absolute atomic E-state index is 0. The van der Waals surface area contributed by atoms with Gasteiger partial charge in [0, 0.05) is 11.9 Å². The molecule has 1 heterocycles. The summed E-state index contributed by atoms with van der Waals surface area (Å²) >= 11 is 0. The van der Waals surface area contributed by atoms with Crippen molar-refractivity contribution in [3.05, 3.63) is 18.0 Å². The molecule has 1 N–H and O–H groups in total. The molecule has 1 aromatic heterocycles. The Hall–Kier alpha value is -0.210. The van der Waals surface area contributed by atoms with Gasteiger partial charge in [0.1, 0.15) is 0 Å². The van der Waals surface area contributed by atoms with Crippen LogP contribution >= 0.6 is 0 Å². The van der Waals surface area contributed by atoms with Crippen molar-refractivity contribution in [1.82, 2.24) is 9.97 Å². The Bertz CT molecular complexity index is 380. The number of nitrogens with zero attached hydrogens (tertiary/aromatic N) is 2. The first kappa shape index (κ1) is 12.8. The monoisotopic (exact) mass is 211 g/mol. The maximum Gasteiger partial charge on any atom is 1.00 e. The smallest absolute Gasteiger partial charge is 0.731 e. The first-order valence-electron chi connectivity index (χ1n) is 3.01. The summed E-state index contributed by atoms with van der Waals surface area (Å²) in [4.78, 5) is 7.18. The van der Waals surface area contributed by atoms with Crippen LogP contribution in [0.15, 0.2) is 12.3 Å². The van der Waals surface area contributed by atoms with Gasteiger partial charge >= 0.3 is 29.6 Å². The van der Waals surface area contributed by atoms with Crippen molar-refractivity contribution in [2.24, 2.45) is 0 Å². The van der Waals surface area contributed by atoms with E-state index in [0.29, 0.717) is 5.69 Å². The number of hydrogen-bond acceptors (Lipinski definition) is 5. The quantitative estimate of drug-likeness (QED) is 0.407. The van der Waals surface area contributed by atoms with Crippen LogP contribution in [0.3, 0.4) is 0 Å². The van der Waals surface area contributed by atoms with Crippen LogP contribution in [0.2, 0.25) is 0 Å². The second-order valence-electron chi connectivity index (χ2n) is 2.08. The van der Waals surface area contributed by atoms with Crippen molar-refractivity contribution in [3.8, 4) is 0 Å². The molecule has 8 heteroatoms. The normalized spacial score (nSPS) is 10.3. The van der Waals surface area contributed by atoms with Crippen LogP contribution in [0.5, 0.6) is 0 Å². The van der Waals surface area contributed by atoms with Crippen LogP contribution in [0.25, 0.3) is 0 Å². The summed E-state index contributed by atoms with van der Waals surface area (Å²) in [5.41, 5.74) is 0.580. The van der Waals surface area contributed by atoms with Crippen molar-refractivity contribution < 1.29 is 42.5 Å². The van der Waals surface area contributed by atoms with Crippen LogP contribution in [-0.2, 0) is 10.3 Å². The largest absolute Gasteiger partial charge is 1.00 e. The fourth-order valence-electron chi connectivity index (χ4n) is 0.610. The number of anilines is 1. The van der Waals surface area contributed by atoms with Gasteiger partial charge < -0.3 is 4.55 Å². The average molecular weight is 211 g/mol. The zero-order chi connectivity index (χ0) is 9.19. The van der Waals surface area contributed by atoms with Crippen LogP contribution < -0.4 is 34.3 Å². The Morgan fingerprint density at radius 2 is 2.15 bits per heavy atom. The van der Waals surface area contributed by atoms with Gasteiger partial charge in [0.25, 0.3) is 0 Å². The summed E-state index contributed by atoms with van der Waals surface area (Å²) < 4.78 is 32.1. The van der Waals surface area contributed by atoms with E-state index >= 15 is 0 Å². The molecule has 0 saturated heterocycles. The zero-order valence-corrected chi connectivity index (χ0v) is 10.00. The molecular weight excluding hydrogens is 205 g/mol. The molecule has 0 fully saturated rings. The predicted molar refractivity (Wildman–Crippen MR) is 40.1 cm³/mol. The summed E-state index contributed by atoms with van der Waals surface area (Å²) in [5, 5.41) is 0. The van der Waals surface area contributed by atoms with E-state index in [1.54, 1.807) is 17.7 Å². The van der Waals surface area contributed by atoms with Gasteiger partial charge in [-0.3, -0.25) is 4.72 Å². The minimum Gasteiger partial charge on any atom is -0.731 e. The van der Waals surface area contributed by atoms with Crippen molar-refractivity contribution >= 4 is 16.3 Å². The molecule has 0 atom stereocenters. The van der Waals surface area contributed by atoms with E-state index < -0.39 is 10.3 Å². The second-order valence-corrected chi connectivity index (χ2v) is 3.19. The Morgan fingerprint density at radius 1 is 1.54 bits per heavy atom. The Morgan fingerprint density at radius 3 is 2.62 bits per heavy atom. The van der Waals surface area contributed by atoms with Gasteiger partial charge in [-0.15, -0.1) is 0 Å². The third-order valence-corrected chi connectivity index (χ3v) is 1.44. The van der Waals surface area contributed by atoms with Crippen LogP contribution in [-0.4, -0.2) is 22.9 Å². The van der Waals surface area contributed by atoms with E-state index in [1.807, 2.05) is 0 Å². The van der Waals surface area contributed by atoms with Gasteiger partial charge in [-0.1, -0.05) is 0 Å². The Balaban J connectivity index is 0.00000144. The van der Waals surface area contributed by atoms with Gasteiger partial charge in [0.15, 0.2) is 10.3 Å². The second kappa shape index (κ2) is 4.87. The van der Waals surface area contributed by atoms with Crippen molar-refractivity contribution in [2.75, 3.05) is 4.72 Å². The van der Waals surface area contributed by atoms with Gasteiger partial charge in [-0.2, -0.15) is 0 Å². The van der Waals surface area contributed by atoms with E-state index in [-0.39, 0.29) is 35.5 Å². The van der Waals surface area contributed by atoms with Crippen LogP contribution in [0.4, 0.5) is 5.95 Å². The molecule has 0 saturated carbocycles. The maximum absolute atomic E-state index is 10.2. The third kappa shape index (κ3) is 5.17. The van der Waals surface area contributed by atoms with E-state index in [4.69, 9.17) is 0 Å². The first-order valence-corrected chi connectivity index (χ1v) is 4.41. The Kier molecular flexibility index (Phi) is 4.79. The molecule has 13 heavy (non-hydrogen) atoms. The molecule has 0 spiro atoms. The SMILES string of the molecule is Cc1ccnc(NS(=O)(=O)[O-])n1.[Na+]. The number of aromatic nitrogens is 2. The summed E-state index contributed by atoms with van der Waals surface area (Å²) in [6.07, 6.45) is 1.36. The van der Waals surface area contributed by atoms with Gasteiger partial charge in [0.2, 0.25) is 5.95 Å². The van der Waals surface area contributed by atoms with Crippen molar-refractivity contribution in [3.63, 3.8) is 0 Å². The summed E-state index contributed by atoms with van der Waals surface area (Å²) in [7, 11) is -4.52. The molecule has 1 aromatic rings. The minimum atomic E-state index is -4.52. The zero-order valence-electron chi connectivity index (χ0n) is 7.18. The van der Waals surface area contributed by atoms with Gasteiger partial charge in [0.05, 0.1) is 0 Å². The molecule has 0 aliphatic heterocycles. The summed E-state index contributed by atoms with van der Waals surface area (Å²) in [6.45, 7) is 1.66. The standard InChI is InChI=1S/C5H7N3O3S.Na/c1-4-2-3-6-5(7-4)8-12(9,10)11;/h2-3H,1H3,(H,6,7,8)(H,9,10,11);/q;+1/p-1. The van der Waals surface area contributed by atoms with E-state index in [2.05, 4.69) is 9.97 Å². The molecule has 66 valence electrons. The Labute approximate surface area is 98.0 Å². The molecule has 0 aliphatic rings. The number of rotatable bonds is 2. The fraction of sp³-hybridized carbons (Fsp3) is 0.200. The molecule has 0 radical (unpaired) electrons.